The van der Waals surface area contributed by atoms with E-state index in [1.165, 1.54) is 25.3 Å². The summed E-state index contributed by atoms with van der Waals surface area (Å²) in [7, 11) is 1.24. The van der Waals surface area contributed by atoms with Crippen molar-refractivity contribution in [2.45, 2.75) is 0 Å². The van der Waals surface area contributed by atoms with Crippen molar-refractivity contribution in [2.24, 2.45) is 4.99 Å². The smallest absolute Gasteiger partial charge is 0.358 e. The molecule has 0 saturated carbocycles. The molecule has 0 spiro atoms. The highest BCUT2D eigenvalue weighted by molar-refractivity contribution is 5.86. The lowest BCUT2D eigenvalue weighted by molar-refractivity contribution is 0.0593. The first-order chi connectivity index (χ1) is 6.27. The Balaban J connectivity index is 2.93. The molecule has 0 N–H and O–H groups in total. The summed E-state index contributed by atoms with van der Waals surface area (Å²) in [5.41, 5.74) is 0.0624. The highest BCUT2D eigenvalue weighted by Gasteiger charge is 2.06. The minimum atomic E-state index is -0.589. The highest BCUT2D eigenvalue weighted by atomic mass is 16.5. The second kappa shape index (κ2) is 4.08. The molecule has 6 heteroatoms. The molecule has 0 fully saturated rings. The number of methoxy groups -OCH3 is 1. The van der Waals surface area contributed by atoms with Crippen molar-refractivity contribution in [3.63, 3.8) is 0 Å². The quantitative estimate of drug-likeness (QED) is 0.368. The zero-order valence-corrected chi connectivity index (χ0v) is 6.72. The third-order valence-corrected chi connectivity index (χ3v) is 1.21. The van der Waals surface area contributed by atoms with Gasteiger partial charge in [-0.2, -0.15) is 0 Å². The number of esters is 1. The van der Waals surface area contributed by atoms with Crippen molar-refractivity contribution in [3.05, 3.63) is 17.8 Å². The van der Waals surface area contributed by atoms with Crippen LogP contribution in [-0.4, -0.2) is 29.4 Å². The molecule has 6 nitrogen and oxygen atoms in total. The number of nitrogens with zero attached hydrogens (tertiary/aromatic N) is 3. The summed E-state index contributed by atoms with van der Waals surface area (Å²) >= 11 is 0. The van der Waals surface area contributed by atoms with Crippen LogP contribution in [0.2, 0.25) is 0 Å². The predicted octanol–water partition coefficient (Wildman–Crippen LogP) is 0.230. The fraction of sp³-hybridized carbons (Fsp3) is 0.143. The third kappa shape index (κ3) is 2.18. The van der Waals surface area contributed by atoms with Crippen molar-refractivity contribution in [2.75, 3.05) is 7.11 Å². The largest absolute Gasteiger partial charge is 0.464 e. The lowest BCUT2D eigenvalue weighted by Gasteiger charge is -1.95. The van der Waals surface area contributed by atoms with E-state index in [0.717, 1.165) is 0 Å². The second-order valence-corrected chi connectivity index (χ2v) is 1.97. The number of aliphatic imine (C=N–C) groups is 1. The number of ether oxygens (including phenoxy) is 1. The number of hydrogen-bond acceptors (Lipinski definition) is 6. The summed E-state index contributed by atoms with van der Waals surface area (Å²) in [4.78, 5) is 23.8. The van der Waals surface area contributed by atoms with E-state index in [4.69, 9.17) is 0 Å². The van der Waals surface area contributed by atoms with Crippen LogP contribution in [0.4, 0.5) is 5.82 Å². The summed E-state index contributed by atoms with van der Waals surface area (Å²) in [6, 6.07) is 2.72. The van der Waals surface area contributed by atoms with Gasteiger partial charge in [-0.25, -0.2) is 9.59 Å². The molecule has 13 heavy (non-hydrogen) atoms. The Hall–Kier alpha value is -2.07. The van der Waals surface area contributed by atoms with E-state index in [9.17, 15) is 9.59 Å². The molecule has 66 valence electrons. The zero-order valence-electron chi connectivity index (χ0n) is 6.72. The van der Waals surface area contributed by atoms with Gasteiger partial charge in [0.2, 0.25) is 6.08 Å². The molecule has 0 unspecified atom stereocenters. The summed E-state index contributed by atoms with van der Waals surface area (Å²) in [6.45, 7) is 0. The van der Waals surface area contributed by atoms with Gasteiger partial charge >= 0.3 is 5.97 Å². The number of aromatic nitrogens is 2. The van der Waals surface area contributed by atoms with Gasteiger partial charge in [-0.05, 0) is 12.1 Å². The first kappa shape index (κ1) is 9.02. The maximum atomic E-state index is 10.8. The molecule has 1 aromatic rings. The van der Waals surface area contributed by atoms with Gasteiger partial charge in [0, 0.05) is 0 Å². The van der Waals surface area contributed by atoms with Gasteiger partial charge < -0.3 is 4.74 Å². The summed E-state index contributed by atoms with van der Waals surface area (Å²) < 4.78 is 4.39. The molecule has 0 aromatic carbocycles. The van der Waals surface area contributed by atoms with Gasteiger partial charge in [-0.15, -0.1) is 15.2 Å². The Labute approximate surface area is 73.3 Å². The highest BCUT2D eigenvalue weighted by Crippen LogP contribution is 2.04. The zero-order chi connectivity index (χ0) is 9.68. The fourth-order valence-electron chi connectivity index (χ4n) is 0.645. The van der Waals surface area contributed by atoms with E-state index in [-0.39, 0.29) is 11.5 Å². The molecule has 0 aliphatic rings. The van der Waals surface area contributed by atoms with Crippen LogP contribution in [0.15, 0.2) is 17.1 Å². The lowest BCUT2D eigenvalue weighted by atomic mass is 10.4. The van der Waals surface area contributed by atoms with Gasteiger partial charge in [0.25, 0.3) is 0 Å². The molecule has 0 aliphatic heterocycles. The van der Waals surface area contributed by atoms with Gasteiger partial charge in [-0.3, -0.25) is 0 Å². The third-order valence-electron chi connectivity index (χ3n) is 1.21. The topological polar surface area (TPSA) is 81.5 Å². The lowest BCUT2D eigenvalue weighted by Crippen LogP contribution is -2.04. The van der Waals surface area contributed by atoms with Crippen LogP contribution in [0.1, 0.15) is 10.5 Å². The molecule has 0 saturated heterocycles. The van der Waals surface area contributed by atoms with Crippen LogP contribution in [0.3, 0.4) is 0 Å². The standard InChI is InChI=1S/C7H5N3O3/c1-13-7(12)5-2-3-6(8-4-11)10-9-5/h2-3H,1H3. The van der Waals surface area contributed by atoms with E-state index in [0.29, 0.717) is 0 Å². The summed E-state index contributed by atoms with van der Waals surface area (Å²) in [5.74, 6) is -0.489. The maximum absolute atomic E-state index is 10.8. The Kier molecular flexibility index (Phi) is 2.83. The van der Waals surface area contributed by atoms with E-state index in [1.54, 1.807) is 0 Å². The van der Waals surface area contributed by atoms with E-state index >= 15 is 0 Å². The van der Waals surface area contributed by atoms with E-state index in [1.807, 2.05) is 0 Å². The van der Waals surface area contributed by atoms with Crippen molar-refractivity contribution < 1.29 is 14.3 Å². The van der Waals surface area contributed by atoms with Crippen molar-refractivity contribution >= 4 is 17.9 Å². The van der Waals surface area contributed by atoms with Gasteiger partial charge in [0.15, 0.2) is 11.5 Å². The van der Waals surface area contributed by atoms with Gasteiger partial charge in [0.05, 0.1) is 7.11 Å². The average molecular weight is 179 g/mol. The Morgan fingerprint density at radius 2 is 2.31 bits per heavy atom. The Bertz CT molecular complexity index is 354. The summed E-state index contributed by atoms with van der Waals surface area (Å²) in [5, 5.41) is 6.93. The first-order valence-corrected chi connectivity index (χ1v) is 3.28. The normalized spacial score (nSPS) is 8.69. The van der Waals surface area contributed by atoms with E-state index in [2.05, 4.69) is 19.9 Å². The van der Waals surface area contributed by atoms with Crippen LogP contribution in [0.5, 0.6) is 0 Å². The number of isocyanates is 1. The van der Waals surface area contributed by atoms with Crippen molar-refractivity contribution in [1.29, 1.82) is 0 Å². The van der Waals surface area contributed by atoms with Crippen LogP contribution in [-0.2, 0) is 9.53 Å². The predicted molar refractivity (Wildman–Crippen MR) is 41.2 cm³/mol. The molecular formula is C7H5N3O3. The van der Waals surface area contributed by atoms with Crippen LogP contribution in [0, 0.1) is 0 Å². The molecule has 0 radical (unpaired) electrons. The molecule has 1 aromatic heterocycles. The molecule has 0 bridgehead atoms. The number of carbonyl (C=O) groups is 1. The SMILES string of the molecule is COC(=O)c1ccc(N=C=O)nn1. The van der Waals surface area contributed by atoms with Gasteiger partial charge in [0.1, 0.15) is 0 Å². The van der Waals surface area contributed by atoms with Crippen molar-refractivity contribution in [1.82, 2.24) is 10.2 Å². The molecule has 1 rings (SSSR count). The molecular weight excluding hydrogens is 174 g/mol. The Morgan fingerprint density at radius 1 is 1.54 bits per heavy atom. The van der Waals surface area contributed by atoms with Crippen molar-refractivity contribution in [3.8, 4) is 0 Å². The molecule has 0 amide bonds. The monoisotopic (exact) mass is 179 g/mol. The summed E-state index contributed by atoms with van der Waals surface area (Å²) in [6.07, 6.45) is 1.30. The van der Waals surface area contributed by atoms with Crippen LogP contribution < -0.4 is 0 Å². The molecule has 0 atom stereocenters. The maximum Gasteiger partial charge on any atom is 0.358 e. The van der Waals surface area contributed by atoms with Crippen LogP contribution >= 0.6 is 0 Å². The number of hydrogen-bond donors (Lipinski definition) is 0. The second-order valence-electron chi connectivity index (χ2n) is 1.97. The number of carbonyl (C=O) groups excluding carboxylic acids is 2. The Morgan fingerprint density at radius 3 is 2.77 bits per heavy atom. The average Bonchev–Trinajstić information content (AvgIpc) is 2.18. The fourth-order valence-corrected chi connectivity index (χ4v) is 0.645. The minimum absolute atomic E-state index is 0.0624. The van der Waals surface area contributed by atoms with Gasteiger partial charge in [-0.1, -0.05) is 0 Å². The molecule has 0 aliphatic carbocycles. The number of rotatable bonds is 2. The van der Waals surface area contributed by atoms with E-state index < -0.39 is 5.97 Å². The molecule has 1 heterocycles. The first-order valence-electron chi connectivity index (χ1n) is 3.28. The van der Waals surface area contributed by atoms with Crippen LogP contribution in [0.25, 0.3) is 0 Å². The minimum Gasteiger partial charge on any atom is -0.464 e.